The van der Waals surface area contributed by atoms with Gasteiger partial charge in [-0.1, -0.05) is 0 Å². The van der Waals surface area contributed by atoms with Gasteiger partial charge in [-0.2, -0.15) is 4.98 Å². The van der Waals surface area contributed by atoms with E-state index in [1.807, 2.05) is 0 Å². The zero-order chi connectivity index (χ0) is 14.3. The third-order valence-corrected chi connectivity index (χ3v) is 3.54. The molecule has 1 fully saturated rings. The average molecular weight is 281 g/mol. The van der Waals surface area contributed by atoms with Crippen molar-refractivity contribution in [3.8, 4) is 0 Å². The fourth-order valence-corrected chi connectivity index (χ4v) is 2.50. The molecule has 0 bridgehead atoms. The second kappa shape index (κ2) is 4.85. The normalized spacial score (nSPS) is 26.4. The molecular formula is C11H15N5O4. The van der Waals surface area contributed by atoms with E-state index < -0.39 is 17.9 Å². The van der Waals surface area contributed by atoms with Crippen LogP contribution in [0.2, 0.25) is 0 Å². The Balaban J connectivity index is 2.01. The Morgan fingerprint density at radius 2 is 2.30 bits per heavy atom. The number of rotatable bonds is 3. The number of aromatic amines is 1. The summed E-state index contributed by atoms with van der Waals surface area (Å²) in [5, 5.41) is 18.5. The number of aliphatic hydroxyl groups is 2. The van der Waals surface area contributed by atoms with Crippen LogP contribution in [0.25, 0.3) is 11.2 Å². The van der Waals surface area contributed by atoms with Crippen molar-refractivity contribution in [2.45, 2.75) is 18.8 Å². The maximum atomic E-state index is 11.7. The molecule has 5 N–H and O–H groups in total. The maximum Gasteiger partial charge on any atom is 0.280 e. The molecule has 0 radical (unpaired) electrons. The first-order valence-electron chi connectivity index (χ1n) is 6.23. The highest BCUT2D eigenvalue weighted by Gasteiger charge is 2.36. The van der Waals surface area contributed by atoms with Crippen molar-refractivity contribution < 1.29 is 14.9 Å². The van der Waals surface area contributed by atoms with E-state index >= 15 is 0 Å². The van der Waals surface area contributed by atoms with E-state index in [0.717, 1.165) is 0 Å². The van der Waals surface area contributed by atoms with Crippen LogP contribution in [0.3, 0.4) is 0 Å². The lowest BCUT2D eigenvalue weighted by Gasteiger charge is -2.14. The molecule has 1 aliphatic heterocycles. The summed E-state index contributed by atoms with van der Waals surface area (Å²) >= 11 is 0. The number of imidazole rings is 1. The minimum Gasteiger partial charge on any atom is -0.396 e. The highest BCUT2D eigenvalue weighted by Crippen LogP contribution is 2.34. The molecule has 1 saturated heterocycles. The Hall–Kier alpha value is -1.97. The smallest absolute Gasteiger partial charge is 0.280 e. The van der Waals surface area contributed by atoms with Gasteiger partial charge in [-0.25, -0.2) is 4.98 Å². The van der Waals surface area contributed by atoms with Crippen LogP contribution in [-0.2, 0) is 4.74 Å². The van der Waals surface area contributed by atoms with Crippen molar-refractivity contribution in [3.05, 3.63) is 16.7 Å². The van der Waals surface area contributed by atoms with Gasteiger partial charge in [-0.15, -0.1) is 0 Å². The van der Waals surface area contributed by atoms with Crippen LogP contribution in [-0.4, -0.2) is 49.0 Å². The number of fused-ring (bicyclic) bond motifs is 1. The topological polar surface area (TPSA) is 139 Å². The minimum atomic E-state index is -0.443. The molecule has 9 nitrogen and oxygen atoms in total. The highest BCUT2D eigenvalue weighted by molar-refractivity contribution is 5.70. The van der Waals surface area contributed by atoms with Gasteiger partial charge in [0, 0.05) is 18.9 Å². The molecule has 3 heterocycles. The zero-order valence-corrected chi connectivity index (χ0v) is 10.6. The summed E-state index contributed by atoms with van der Waals surface area (Å²) in [4.78, 5) is 22.1. The van der Waals surface area contributed by atoms with Gasteiger partial charge >= 0.3 is 0 Å². The van der Waals surface area contributed by atoms with Crippen LogP contribution in [0.15, 0.2) is 11.1 Å². The van der Waals surface area contributed by atoms with Gasteiger partial charge < -0.3 is 20.7 Å². The largest absolute Gasteiger partial charge is 0.396 e. The molecule has 2 aromatic rings. The van der Waals surface area contributed by atoms with Gasteiger partial charge in [0.2, 0.25) is 5.95 Å². The van der Waals surface area contributed by atoms with Gasteiger partial charge in [0.1, 0.15) is 6.23 Å². The molecule has 108 valence electrons. The summed E-state index contributed by atoms with van der Waals surface area (Å²) in [6, 6.07) is 0. The van der Waals surface area contributed by atoms with Gasteiger partial charge in [-0.05, 0) is 0 Å². The van der Waals surface area contributed by atoms with Crippen LogP contribution in [0, 0.1) is 5.92 Å². The van der Waals surface area contributed by atoms with Gasteiger partial charge in [-0.3, -0.25) is 14.3 Å². The number of nitrogen functional groups attached to an aromatic ring is 1. The van der Waals surface area contributed by atoms with Crippen LogP contribution in [0.1, 0.15) is 12.6 Å². The molecule has 0 saturated carbocycles. The Labute approximate surface area is 113 Å². The number of aromatic nitrogens is 4. The number of nitrogens with one attached hydrogen (secondary N) is 1. The number of anilines is 1. The first-order chi connectivity index (χ1) is 9.63. The maximum absolute atomic E-state index is 11.7. The van der Waals surface area contributed by atoms with Crippen molar-refractivity contribution in [3.63, 3.8) is 0 Å². The standard InChI is InChI=1S/C11H15N5O4/c12-11-14-9-8(10(19)15-11)13-4-16(9)7-1-5(2-17)6(3-18)20-7/h4-7,17-18H,1-3H2,(H3,12,14,15,19)/t5?,6-,7-/m1/s1. The lowest BCUT2D eigenvalue weighted by atomic mass is 10.0. The number of hydrogen-bond acceptors (Lipinski definition) is 7. The third kappa shape index (κ3) is 1.96. The SMILES string of the molecule is Nc1nc2c(ncn2[C@H]2CC(CO)[C@@H](CO)O2)c(=O)[nH]1. The van der Waals surface area contributed by atoms with Crippen LogP contribution < -0.4 is 11.3 Å². The summed E-state index contributed by atoms with van der Waals surface area (Å²) in [6.07, 6.45) is 1.07. The Bertz CT molecular complexity index is 669. The van der Waals surface area contributed by atoms with Crippen LogP contribution in [0.4, 0.5) is 5.95 Å². The molecule has 1 unspecified atom stereocenters. The number of hydrogen-bond donors (Lipinski definition) is 4. The molecule has 9 heteroatoms. The molecule has 0 aromatic carbocycles. The van der Waals surface area contributed by atoms with E-state index in [1.165, 1.54) is 6.33 Å². The van der Waals surface area contributed by atoms with E-state index in [-0.39, 0.29) is 30.6 Å². The lowest BCUT2D eigenvalue weighted by Crippen LogP contribution is -2.23. The molecular weight excluding hydrogens is 266 g/mol. The van der Waals surface area contributed by atoms with E-state index in [2.05, 4.69) is 15.0 Å². The average Bonchev–Trinajstić information content (AvgIpc) is 3.01. The first kappa shape index (κ1) is 13.0. The summed E-state index contributed by atoms with van der Waals surface area (Å²) in [7, 11) is 0. The van der Waals surface area contributed by atoms with Crippen LogP contribution in [0.5, 0.6) is 0 Å². The third-order valence-electron chi connectivity index (χ3n) is 3.54. The van der Waals surface area contributed by atoms with Crippen molar-refractivity contribution in [2.75, 3.05) is 18.9 Å². The molecule has 0 spiro atoms. The first-order valence-corrected chi connectivity index (χ1v) is 6.23. The monoisotopic (exact) mass is 281 g/mol. The van der Waals surface area contributed by atoms with Crippen LogP contribution >= 0.6 is 0 Å². The number of nitrogens with zero attached hydrogens (tertiary/aromatic N) is 3. The Morgan fingerprint density at radius 1 is 1.50 bits per heavy atom. The fraction of sp³-hybridized carbons (Fsp3) is 0.545. The molecule has 2 aromatic heterocycles. The van der Waals surface area contributed by atoms with E-state index in [9.17, 15) is 15.0 Å². The summed E-state index contributed by atoms with van der Waals surface area (Å²) < 4.78 is 7.26. The highest BCUT2D eigenvalue weighted by atomic mass is 16.5. The summed E-state index contributed by atoms with van der Waals surface area (Å²) in [5.41, 5.74) is 5.62. The Morgan fingerprint density at radius 3 is 2.95 bits per heavy atom. The zero-order valence-electron chi connectivity index (χ0n) is 10.6. The number of nitrogens with two attached hydrogens (primary N) is 1. The second-order valence-electron chi connectivity index (χ2n) is 4.77. The number of H-pyrrole nitrogens is 1. The second-order valence-corrected chi connectivity index (χ2v) is 4.77. The molecule has 0 aliphatic carbocycles. The molecule has 20 heavy (non-hydrogen) atoms. The van der Waals surface area contributed by atoms with E-state index in [1.54, 1.807) is 4.57 Å². The van der Waals surface area contributed by atoms with Gasteiger partial charge in [0.25, 0.3) is 5.56 Å². The molecule has 3 rings (SSSR count). The van der Waals surface area contributed by atoms with Crippen molar-refractivity contribution in [1.29, 1.82) is 0 Å². The van der Waals surface area contributed by atoms with Gasteiger partial charge in [0.05, 0.1) is 19.0 Å². The van der Waals surface area contributed by atoms with Crippen molar-refractivity contribution in [1.82, 2.24) is 19.5 Å². The predicted molar refractivity (Wildman–Crippen MR) is 68.7 cm³/mol. The van der Waals surface area contributed by atoms with E-state index in [4.69, 9.17) is 10.5 Å². The number of aliphatic hydroxyl groups excluding tert-OH is 2. The van der Waals surface area contributed by atoms with Crippen molar-refractivity contribution >= 4 is 17.1 Å². The quantitative estimate of drug-likeness (QED) is 0.542. The molecule has 0 amide bonds. The van der Waals surface area contributed by atoms with Gasteiger partial charge in [0.15, 0.2) is 11.2 Å². The van der Waals surface area contributed by atoms with E-state index in [0.29, 0.717) is 12.1 Å². The lowest BCUT2D eigenvalue weighted by molar-refractivity contribution is -0.0333. The summed E-state index contributed by atoms with van der Waals surface area (Å²) in [5.74, 6) is -0.165. The fourth-order valence-electron chi connectivity index (χ4n) is 2.50. The summed E-state index contributed by atoms with van der Waals surface area (Å²) in [6.45, 7) is -0.255. The predicted octanol–water partition coefficient (Wildman–Crippen LogP) is -1.41. The molecule has 1 aliphatic rings. The van der Waals surface area contributed by atoms with Crippen molar-refractivity contribution in [2.24, 2.45) is 5.92 Å². The minimum absolute atomic E-state index is 0.000312. The number of ether oxygens (including phenoxy) is 1. The molecule has 3 atom stereocenters. The Kier molecular flexibility index (Phi) is 3.16.